The maximum absolute atomic E-state index is 2.57. The van der Waals surface area contributed by atoms with Crippen LogP contribution in [0.3, 0.4) is 0 Å². The van der Waals surface area contributed by atoms with E-state index in [0.717, 1.165) is 136 Å². The second kappa shape index (κ2) is 11.0. The smallest absolute Gasteiger partial charge is 0.0295 e. The van der Waals surface area contributed by atoms with Crippen LogP contribution in [0, 0.1) is 147 Å². The third-order valence-electron chi connectivity index (χ3n) is 21.2. The van der Waals surface area contributed by atoms with E-state index in [1.165, 1.54) is 12.8 Å². The van der Waals surface area contributed by atoms with Gasteiger partial charge >= 0.3 is 0 Å². The first-order valence-corrected chi connectivity index (χ1v) is 21.5. The first kappa shape index (κ1) is 33.2. The van der Waals surface area contributed by atoms with E-state index in [2.05, 4.69) is 90.0 Å². The molecule has 0 radical (unpaired) electrons. The number of rotatable bonds is 0. The van der Waals surface area contributed by atoms with Gasteiger partial charge in [-0.1, -0.05) is 90.0 Å². The molecule has 0 aliphatic heterocycles. The highest BCUT2D eigenvalue weighted by molar-refractivity contribution is 5.17. The van der Waals surface area contributed by atoms with Crippen molar-refractivity contribution in [2.75, 3.05) is 0 Å². The van der Waals surface area contributed by atoms with Gasteiger partial charge in [0.15, 0.2) is 0 Å². The summed E-state index contributed by atoms with van der Waals surface area (Å²) in [5, 5.41) is 0. The highest BCUT2D eigenvalue weighted by Gasteiger charge is 2.69. The van der Waals surface area contributed by atoms with E-state index < -0.39 is 0 Å². The Labute approximate surface area is 287 Å². The van der Waals surface area contributed by atoms with Crippen LogP contribution in [0.25, 0.3) is 0 Å². The Balaban J connectivity index is 0.000000103. The molecule has 10 aliphatic carbocycles. The van der Waals surface area contributed by atoms with Gasteiger partial charge in [-0.3, -0.25) is 0 Å². The number of hydrogen-bond donors (Lipinski definition) is 0. The first-order chi connectivity index (χ1) is 21.5. The fourth-order valence-electron chi connectivity index (χ4n) is 17.6. The van der Waals surface area contributed by atoms with Gasteiger partial charge < -0.3 is 0 Å². The maximum Gasteiger partial charge on any atom is -0.0295 e. The van der Waals surface area contributed by atoms with Crippen LogP contribution < -0.4 is 0 Å². The average Bonchev–Trinajstić information content (AvgIpc) is 3.85. The molecule has 0 N–H and O–H groups in total. The molecule has 46 heavy (non-hydrogen) atoms. The minimum atomic E-state index is 0.606. The van der Waals surface area contributed by atoms with Crippen molar-refractivity contribution in [2.24, 2.45) is 147 Å². The van der Waals surface area contributed by atoms with E-state index in [0.29, 0.717) is 10.8 Å². The first-order valence-electron chi connectivity index (χ1n) is 21.5. The van der Waals surface area contributed by atoms with E-state index >= 15 is 0 Å². The highest BCUT2D eigenvalue weighted by Crippen LogP contribution is 2.75. The monoisotopic (exact) mass is 631 g/mol. The summed E-state index contributed by atoms with van der Waals surface area (Å²) in [5.41, 5.74) is 1.24. The van der Waals surface area contributed by atoms with Crippen molar-refractivity contribution in [2.45, 2.75) is 141 Å². The third-order valence-corrected chi connectivity index (χ3v) is 21.2. The Hall–Kier alpha value is 0. The predicted octanol–water partition coefficient (Wildman–Crippen LogP) is 12.6. The zero-order valence-corrected chi connectivity index (χ0v) is 32.9. The van der Waals surface area contributed by atoms with E-state index in [1.807, 2.05) is 0 Å². The topological polar surface area (TPSA) is 0 Å². The lowest BCUT2D eigenvalue weighted by Gasteiger charge is -2.50. The van der Waals surface area contributed by atoms with Crippen LogP contribution >= 0.6 is 0 Å². The molecule has 0 amide bonds. The van der Waals surface area contributed by atoms with E-state index in [1.54, 1.807) is 38.5 Å². The molecular weight excluding hydrogens is 553 g/mol. The quantitative estimate of drug-likeness (QED) is 0.234. The standard InChI is InChI=1S/C17H28.C16H28.C13H22/c1-8-9(2)12-6-11(8)15-13-7-14(16(12)15)17(4,5)10(13)3;1-9-6-14-12-7-13(11(3)10(12)2)15(14)8-16(9,4)5;1-7-4-12-10-6-11(13(12)5-7)9(3)8(10)2/h8-16H,6-7H2,1-5H3;9-15H,6-8H2,1-5H3;7-13H,4-6H2,1-3H3. The molecule has 0 spiro atoms. The molecule has 0 heterocycles. The molecule has 10 saturated carbocycles. The van der Waals surface area contributed by atoms with Gasteiger partial charge in [-0.05, 0) is 198 Å². The molecule has 0 heteroatoms. The maximum atomic E-state index is 2.57. The molecule has 0 aromatic carbocycles. The van der Waals surface area contributed by atoms with Crippen LogP contribution in [-0.4, -0.2) is 0 Å². The molecule has 8 bridgehead atoms. The van der Waals surface area contributed by atoms with Crippen molar-refractivity contribution in [1.29, 1.82) is 0 Å². The Bertz CT molecular complexity index is 1120. The van der Waals surface area contributed by atoms with Crippen molar-refractivity contribution in [3.05, 3.63) is 0 Å². The third kappa shape index (κ3) is 4.46. The minimum Gasteiger partial charge on any atom is -0.0625 e. The fourth-order valence-corrected chi connectivity index (χ4v) is 17.6. The van der Waals surface area contributed by atoms with Crippen molar-refractivity contribution >= 4 is 0 Å². The lowest BCUT2D eigenvalue weighted by Crippen LogP contribution is -2.45. The number of fused-ring (bicyclic) bond motifs is 19. The normalized spacial score (nSPS) is 63.2. The van der Waals surface area contributed by atoms with Gasteiger partial charge in [0.1, 0.15) is 0 Å². The van der Waals surface area contributed by atoms with Crippen LogP contribution in [0.5, 0.6) is 0 Å². The minimum absolute atomic E-state index is 0.606. The molecule has 22 atom stereocenters. The molecule has 10 fully saturated rings. The van der Waals surface area contributed by atoms with Gasteiger partial charge in [0.2, 0.25) is 0 Å². The SMILES string of the molecule is CC1C(C)C2CC1C1C3CC(C21)C(C)(C)C3C.CC1C(C)C2CC1C1CC(C)C(C)(C)CC21.CC1CC2C3CC(C(C)C3C)C2C1. The molecule has 22 unspecified atom stereocenters. The predicted molar refractivity (Wildman–Crippen MR) is 196 cm³/mol. The summed E-state index contributed by atoms with van der Waals surface area (Å²) in [6.45, 7) is 32.8. The van der Waals surface area contributed by atoms with E-state index in [9.17, 15) is 0 Å². The Morgan fingerprint density at radius 2 is 0.783 bits per heavy atom. The van der Waals surface area contributed by atoms with Crippen LogP contribution in [0.1, 0.15) is 141 Å². The zero-order valence-electron chi connectivity index (χ0n) is 32.9. The van der Waals surface area contributed by atoms with E-state index in [4.69, 9.17) is 0 Å². The molecule has 0 nitrogen and oxygen atoms in total. The Morgan fingerprint density at radius 3 is 1.30 bits per heavy atom. The van der Waals surface area contributed by atoms with Crippen LogP contribution in [0.2, 0.25) is 0 Å². The number of hydrogen-bond acceptors (Lipinski definition) is 0. The van der Waals surface area contributed by atoms with Gasteiger partial charge in [-0.15, -0.1) is 0 Å². The largest absolute Gasteiger partial charge is 0.0625 e. The Kier molecular flexibility index (Phi) is 7.93. The van der Waals surface area contributed by atoms with Crippen molar-refractivity contribution in [3.8, 4) is 0 Å². The molecule has 10 rings (SSSR count). The average molecular weight is 631 g/mol. The van der Waals surface area contributed by atoms with Crippen molar-refractivity contribution in [1.82, 2.24) is 0 Å². The highest BCUT2D eigenvalue weighted by atomic mass is 14.7. The van der Waals surface area contributed by atoms with Crippen LogP contribution in [0.15, 0.2) is 0 Å². The summed E-state index contributed by atoms with van der Waals surface area (Å²) >= 11 is 0. The lowest BCUT2D eigenvalue weighted by atomic mass is 9.55. The zero-order chi connectivity index (χ0) is 32.9. The Morgan fingerprint density at radius 1 is 0.370 bits per heavy atom. The summed E-state index contributed by atoms with van der Waals surface area (Å²) in [6.07, 6.45) is 12.5. The molecular formula is C46H78. The van der Waals surface area contributed by atoms with Crippen LogP contribution in [-0.2, 0) is 0 Å². The molecule has 0 aromatic rings. The fraction of sp³-hybridized carbons (Fsp3) is 1.00. The molecule has 10 aliphatic rings. The van der Waals surface area contributed by atoms with Gasteiger partial charge in [-0.2, -0.15) is 0 Å². The second-order valence-electron chi connectivity index (χ2n) is 22.7. The lowest BCUT2D eigenvalue weighted by molar-refractivity contribution is -0.0194. The van der Waals surface area contributed by atoms with Gasteiger partial charge in [0.05, 0.1) is 0 Å². The summed E-state index contributed by atoms with van der Waals surface area (Å²) in [7, 11) is 0. The van der Waals surface area contributed by atoms with Gasteiger partial charge in [0, 0.05) is 0 Å². The summed E-state index contributed by atoms with van der Waals surface area (Å²) in [6, 6.07) is 0. The summed E-state index contributed by atoms with van der Waals surface area (Å²) in [4.78, 5) is 0. The second-order valence-corrected chi connectivity index (χ2v) is 22.7. The van der Waals surface area contributed by atoms with Crippen molar-refractivity contribution in [3.63, 3.8) is 0 Å². The molecule has 0 aromatic heterocycles. The molecule has 262 valence electrons. The van der Waals surface area contributed by atoms with Gasteiger partial charge in [-0.25, -0.2) is 0 Å². The van der Waals surface area contributed by atoms with Crippen LogP contribution in [0.4, 0.5) is 0 Å². The summed E-state index contributed by atoms with van der Waals surface area (Å²) < 4.78 is 0. The summed E-state index contributed by atoms with van der Waals surface area (Å²) in [5.74, 6) is 24.6. The van der Waals surface area contributed by atoms with Crippen molar-refractivity contribution < 1.29 is 0 Å². The van der Waals surface area contributed by atoms with E-state index in [-0.39, 0.29) is 0 Å². The van der Waals surface area contributed by atoms with Gasteiger partial charge in [0.25, 0.3) is 0 Å². The molecule has 0 saturated heterocycles.